The molecule has 1 aromatic heterocycles. The second-order valence-corrected chi connectivity index (χ2v) is 13.6. The van der Waals surface area contributed by atoms with E-state index in [-0.39, 0.29) is 49.9 Å². The van der Waals surface area contributed by atoms with Crippen molar-refractivity contribution in [1.29, 1.82) is 0 Å². The first-order valence-corrected chi connectivity index (χ1v) is 16.2. The Labute approximate surface area is 251 Å². The lowest BCUT2D eigenvalue weighted by Gasteiger charge is -2.34. The van der Waals surface area contributed by atoms with E-state index in [0.29, 0.717) is 23.7 Å². The predicted octanol–water partition coefficient (Wildman–Crippen LogP) is 5.21. The molecule has 0 aliphatic carbocycles. The number of alkyl halides is 3. The third-order valence-corrected chi connectivity index (χ3v) is 10.0. The Hall–Kier alpha value is -2.38. The molecule has 1 aliphatic heterocycles. The average Bonchev–Trinajstić information content (AvgIpc) is 2.92. The minimum Gasteiger partial charge on any atom is -0.313 e. The Morgan fingerprint density at radius 2 is 1.86 bits per heavy atom. The summed E-state index contributed by atoms with van der Waals surface area (Å²) < 4.78 is 69.0. The van der Waals surface area contributed by atoms with Gasteiger partial charge in [0, 0.05) is 24.2 Å². The fourth-order valence-electron chi connectivity index (χ4n) is 5.32. The maximum atomic E-state index is 14.4. The van der Waals surface area contributed by atoms with Crippen molar-refractivity contribution in [2.45, 2.75) is 69.7 Å². The van der Waals surface area contributed by atoms with E-state index in [1.54, 1.807) is 0 Å². The van der Waals surface area contributed by atoms with Crippen LogP contribution in [0.25, 0.3) is 10.9 Å². The Balaban J connectivity index is 1.79. The van der Waals surface area contributed by atoms with E-state index in [0.717, 1.165) is 32.2 Å². The maximum Gasteiger partial charge on any atom is 0.416 e. The van der Waals surface area contributed by atoms with Gasteiger partial charge in [0.15, 0.2) is 9.84 Å². The molecule has 230 valence electrons. The number of H-pyrrole nitrogens is 1. The molecule has 0 bridgehead atoms. The number of fused-ring (bicyclic) bond motifs is 1. The number of benzene rings is 2. The minimum atomic E-state index is -4.83. The van der Waals surface area contributed by atoms with Gasteiger partial charge in [-0.2, -0.15) is 13.2 Å². The number of hydrogen-bond donors (Lipinski definition) is 2. The topological polar surface area (TPSA) is 104 Å². The van der Waals surface area contributed by atoms with Gasteiger partial charge in [-0.15, -0.1) is 0 Å². The van der Waals surface area contributed by atoms with Crippen LogP contribution in [0.2, 0.25) is 10.0 Å². The summed E-state index contributed by atoms with van der Waals surface area (Å²) in [6.45, 7) is 4.83. The Kier molecular flexibility index (Phi) is 10.1. The van der Waals surface area contributed by atoms with Crippen molar-refractivity contribution in [3.63, 3.8) is 0 Å². The summed E-state index contributed by atoms with van der Waals surface area (Å²) >= 11 is 12.6. The Morgan fingerprint density at radius 3 is 2.52 bits per heavy atom. The molecule has 3 aromatic rings. The highest BCUT2D eigenvalue weighted by atomic mass is 35.5. The van der Waals surface area contributed by atoms with Crippen LogP contribution in [0.3, 0.4) is 0 Å². The first kappa shape index (κ1) is 32.5. The largest absolute Gasteiger partial charge is 0.416 e. The van der Waals surface area contributed by atoms with E-state index in [2.05, 4.69) is 17.2 Å². The number of halogens is 5. The molecule has 0 saturated carbocycles. The fraction of sp³-hybridized carbons (Fsp3) is 0.500. The van der Waals surface area contributed by atoms with Gasteiger partial charge >= 0.3 is 11.9 Å². The zero-order valence-electron chi connectivity index (χ0n) is 23.3. The number of unbranched alkanes of at least 4 members (excludes halogenated alkanes) is 1. The SMILES string of the molecule is CCCCN[C@H]1CCCN(Cc2c(C(F)(F)F)cc3c(=O)n(Cc4cc(Cl)ccc4S(=O)(=O)CC)c(=O)[nH]c3c2Cl)C1. The van der Waals surface area contributed by atoms with Crippen LogP contribution in [0.1, 0.15) is 56.2 Å². The molecule has 8 nitrogen and oxygen atoms in total. The van der Waals surface area contributed by atoms with Crippen molar-refractivity contribution in [3.05, 3.63) is 71.8 Å². The lowest BCUT2D eigenvalue weighted by molar-refractivity contribution is -0.138. The number of rotatable bonds is 10. The van der Waals surface area contributed by atoms with E-state index in [9.17, 15) is 31.2 Å². The molecule has 2 N–H and O–H groups in total. The lowest BCUT2D eigenvalue weighted by Crippen LogP contribution is -2.45. The molecule has 1 saturated heterocycles. The third kappa shape index (κ3) is 7.05. The van der Waals surface area contributed by atoms with E-state index in [4.69, 9.17) is 23.2 Å². The number of hydrogen-bond acceptors (Lipinski definition) is 6. The molecular formula is C28H33Cl2F3N4O4S. The first-order valence-electron chi connectivity index (χ1n) is 13.8. The summed E-state index contributed by atoms with van der Waals surface area (Å²) in [6.07, 6.45) is -1.08. The van der Waals surface area contributed by atoms with E-state index >= 15 is 0 Å². The summed E-state index contributed by atoms with van der Waals surface area (Å²) in [6, 6.07) is 4.79. The zero-order chi connectivity index (χ0) is 30.8. The number of sulfone groups is 1. The number of aromatic amines is 1. The van der Waals surface area contributed by atoms with Crippen LogP contribution in [0, 0.1) is 0 Å². The third-order valence-electron chi connectivity index (χ3n) is 7.54. The van der Waals surface area contributed by atoms with Gasteiger partial charge < -0.3 is 10.3 Å². The number of likely N-dealkylation sites (tertiary alicyclic amines) is 1. The summed E-state index contributed by atoms with van der Waals surface area (Å²) in [5.74, 6) is -0.246. The van der Waals surface area contributed by atoms with E-state index < -0.39 is 44.8 Å². The highest BCUT2D eigenvalue weighted by Gasteiger charge is 2.37. The predicted molar refractivity (Wildman–Crippen MR) is 158 cm³/mol. The average molecular weight is 650 g/mol. The summed E-state index contributed by atoms with van der Waals surface area (Å²) in [5, 5.41) is 2.84. The molecule has 1 atom stereocenters. The van der Waals surface area contributed by atoms with Gasteiger partial charge in [-0.05, 0) is 67.7 Å². The fourth-order valence-corrected chi connectivity index (χ4v) is 6.93. The molecule has 14 heteroatoms. The van der Waals surface area contributed by atoms with Crippen LogP contribution >= 0.6 is 23.2 Å². The molecule has 0 radical (unpaired) electrons. The van der Waals surface area contributed by atoms with Crippen molar-refractivity contribution in [2.75, 3.05) is 25.4 Å². The number of piperidine rings is 1. The normalized spacial score (nSPS) is 16.8. The van der Waals surface area contributed by atoms with Crippen LogP contribution < -0.4 is 16.6 Å². The molecule has 0 spiro atoms. The van der Waals surface area contributed by atoms with Crippen LogP contribution in [0.15, 0.2) is 38.8 Å². The summed E-state index contributed by atoms with van der Waals surface area (Å²) in [5.41, 5.74) is -3.40. The second-order valence-electron chi connectivity index (χ2n) is 10.5. The molecule has 0 amide bonds. The lowest BCUT2D eigenvalue weighted by atomic mass is 10.00. The second kappa shape index (κ2) is 13.1. The molecule has 1 aliphatic rings. The summed E-state index contributed by atoms with van der Waals surface area (Å²) in [4.78, 5) is 30.8. The summed E-state index contributed by atoms with van der Waals surface area (Å²) in [7, 11) is -3.76. The standard InChI is InChI=1S/C28H33Cl2F3N4O4S/c1-3-5-10-34-19-7-6-11-36(15-19)16-21-22(28(31,32)33)13-20-25(24(21)30)35-27(39)37(26(20)38)14-17-12-18(29)8-9-23(17)42(40,41)4-2/h8-9,12-13,19,34H,3-7,10-11,14-16H2,1-2H3,(H,35,39)/t19-/m0/s1. The number of nitrogens with one attached hydrogen (secondary N) is 2. The van der Waals surface area contributed by atoms with Crippen molar-refractivity contribution in [3.8, 4) is 0 Å². The number of aromatic nitrogens is 2. The van der Waals surface area contributed by atoms with Crippen LogP contribution in [-0.4, -0.2) is 54.3 Å². The number of nitrogens with zero attached hydrogens (tertiary/aromatic N) is 2. The molecule has 1 fully saturated rings. The highest BCUT2D eigenvalue weighted by Crippen LogP contribution is 2.39. The van der Waals surface area contributed by atoms with Gasteiger partial charge in [-0.1, -0.05) is 43.5 Å². The monoisotopic (exact) mass is 648 g/mol. The van der Waals surface area contributed by atoms with E-state index in [1.807, 2.05) is 4.90 Å². The molecular weight excluding hydrogens is 616 g/mol. The van der Waals surface area contributed by atoms with Crippen molar-refractivity contribution in [2.24, 2.45) is 0 Å². The first-order chi connectivity index (χ1) is 19.8. The smallest absolute Gasteiger partial charge is 0.313 e. The van der Waals surface area contributed by atoms with Gasteiger partial charge in [-0.3, -0.25) is 14.3 Å². The van der Waals surface area contributed by atoms with Crippen molar-refractivity contribution >= 4 is 43.9 Å². The molecule has 2 aromatic carbocycles. The minimum absolute atomic E-state index is 0.0576. The van der Waals surface area contributed by atoms with Gasteiger partial charge in [0.1, 0.15) is 0 Å². The highest BCUT2D eigenvalue weighted by molar-refractivity contribution is 7.91. The van der Waals surface area contributed by atoms with Crippen LogP contribution in [0.5, 0.6) is 0 Å². The molecule has 0 unspecified atom stereocenters. The van der Waals surface area contributed by atoms with Crippen LogP contribution in [-0.2, 0) is 29.1 Å². The van der Waals surface area contributed by atoms with Gasteiger partial charge in [0.25, 0.3) is 5.56 Å². The van der Waals surface area contributed by atoms with E-state index in [1.165, 1.54) is 25.1 Å². The van der Waals surface area contributed by atoms with Gasteiger partial charge in [-0.25, -0.2) is 13.2 Å². The van der Waals surface area contributed by atoms with Gasteiger partial charge in [0.2, 0.25) is 0 Å². The molecule has 4 rings (SSSR count). The Bertz CT molecular complexity index is 1690. The molecule has 2 heterocycles. The van der Waals surface area contributed by atoms with Crippen LogP contribution in [0.4, 0.5) is 13.2 Å². The van der Waals surface area contributed by atoms with Crippen molar-refractivity contribution in [1.82, 2.24) is 19.8 Å². The van der Waals surface area contributed by atoms with Gasteiger partial charge in [0.05, 0.1) is 38.7 Å². The maximum absolute atomic E-state index is 14.4. The molecule has 42 heavy (non-hydrogen) atoms. The Morgan fingerprint density at radius 1 is 1.12 bits per heavy atom. The van der Waals surface area contributed by atoms with Crippen molar-refractivity contribution < 1.29 is 21.6 Å². The zero-order valence-corrected chi connectivity index (χ0v) is 25.6. The quantitative estimate of drug-likeness (QED) is 0.293.